The molecule has 5 heteroatoms. The summed E-state index contributed by atoms with van der Waals surface area (Å²) in [5.74, 6) is 0.538. The highest BCUT2D eigenvalue weighted by Gasteiger charge is 2.44. The first kappa shape index (κ1) is 23.8. The first-order valence-electron chi connectivity index (χ1n) is 10.8. The second-order valence-corrected chi connectivity index (χ2v) is 14.9. The maximum atomic E-state index is 13.4. The molecule has 3 atom stereocenters. The van der Waals surface area contributed by atoms with Gasteiger partial charge in [-0.2, -0.15) is 0 Å². The van der Waals surface area contributed by atoms with Gasteiger partial charge in [0.2, 0.25) is 5.91 Å². The summed E-state index contributed by atoms with van der Waals surface area (Å²) < 4.78 is 6.61. The summed E-state index contributed by atoms with van der Waals surface area (Å²) >= 11 is 0. The summed E-state index contributed by atoms with van der Waals surface area (Å²) in [5.41, 5.74) is 1.15. The van der Waals surface area contributed by atoms with E-state index in [0.29, 0.717) is 25.5 Å². The Morgan fingerprint density at radius 1 is 1.24 bits per heavy atom. The molecule has 1 aromatic carbocycles. The van der Waals surface area contributed by atoms with Crippen LogP contribution in [0.5, 0.6) is 0 Å². The molecule has 1 aliphatic heterocycles. The van der Waals surface area contributed by atoms with Gasteiger partial charge in [-0.05, 0) is 36.0 Å². The van der Waals surface area contributed by atoms with E-state index in [1.165, 1.54) is 0 Å². The average Bonchev–Trinajstić information content (AvgIpc) is 2.63. The zero-order valence-electron chi connectivity index (χ0n) is 19.4. The Bertz CT molecular complexity index is 682. The Kier molecular flexibility index (Phi) is 7.88. The zero-order valence-corrected chi connectivity index (χ0v) is 20.4. The van der Waals surface area contributed by atoms with Crippen LogP contribution < -0.4 is 5.32 Å². The largest absolute Gasteiger partial charge is 0.415 e. The highest BCUT2D eigenvalue weighted by molar-refractivity contribution is 6.74. The molecule has 1 aromatic rings. The van der Waals surface area contributed by atoms with E-state index in [0.717, 1.165) is 5.56 Å². The molecular formula is C24H40N2O2Si. The summed E-state index contributed by atoms with van der Waals surface area (Å²) in [6, 6.07) is 10.2. The van der Waals surface area contributed by atoms with Crippen molar-refractivity contribution in [3.63, 3.8) is 0 Å². The van der Waals surface area contributed by atoms with Crippen molar-refractivity contribution >= 4 is 14.2 Å². The molecule has 0 unspecified atom stereocenters. The standard InChI is InChI=1S/C24H40N2O2Si/c1-9-13-20-23(27)26(16-19-14-11-10-12-15-19)21(22(25-20)18(2)3)17-28-29(7,8)24(4,5)6/h9-12,14-15,18,20-22,25H,1,13,16-17H2,2-8H3/t20-,21+,22+/m0/s1. The molecule has 29 heavy (non-hydrogen) atoms. The lowest BCUT2D eigenvalue weighted by Gasteiger charge is -2.48. The molecule has 1 heterocycles. The molecule has 1 saturated heterocycles. The van der Waals surface area contributed by atoms with Crippen LogP contribution in [0.4, 0.5) is 0 Å². The molecule has 1 aliphatic rings. The third-order valence-electron chi connectivity index (χ3n) is 6.53. The molecule has 0 spiro atoms. The molecule has 0 bridgehead atoms. The number of hydrogen-bond donors (Lipinski definition) is 1. The number of nitrogens with one attached hydrogen (secondary N) is 1. The van der Waals surface area contributed by atoms with E-state index in [4.69, 9.17) is 4.43 Å². The maximum Gasteiger partial charge on any atom is 0.240 e. The Hall–Kier alpha value is -1.43. The molecule has 0 aromatic heterocycles. The SMILES string of the molecule is C=CC[C@@H]1N[C@H](C(C)C)[C@@H](CO[Si](C)(C)C(C)(C)C)N(Cc2ccccc2)C1=O. The Morgan fingerprint density at radius 3 is 2.38 bits per heavy atom. The van der Waals surface area contributed by atoms with Crippen molar-refractivity contribution in [2.24, 2.45) is 5.92 Å². The number of carbonyl (C=O) groups excluding carboxylic acids is 1. The van der Waals surface area contributed by atoms with Crippen molar-refractivity contribution in [2.75, 3.05) is 6.61 Å². The van der Waals surface area contributed by atoms with Crippen molar-refractivity contribution in [1.82, 2.24) is 10.2 Å². The van der Waals surface area contributed by atoms with Crippen LogP contribution >= 0.6 is 0 Å². The summed E-state index contributed by atoms with van der Waals surface area (Å²) in [4.78, 5) is 15.4. The maximum absolute atomic E-state index is 13.4. The number of carbonyl (C=O) groups is 1. The molecular weight excluding hydrogens is 376 g/mol. The van der Waals surface area contributed by atoms with Crippen molar-refractivity contribution in [3.05, 3.63) is 48.6 Å². The van der Waals surface area contributed by atoms with Crippen LogP contribution in [0.1, 0.15) is 46.6 Å². The summed E-state index contributed by atoms with van der Waals surface area (Å²) in [6.45, 7) is 20.8. The summed E-state index contributed by atoms with van der Waals surface area (Å²) in [5, 5.41) is 3.76. The van der Waals surface area contributed by atoms with Crippen molar-refractivity contribution in [2.45, 2.75) is 83.8 Å². The zero-order chi connectivity index (χ0) is 21.8. The van der Waals surface area contributed by atoms with E-state index >= 15 is 0 Å². The fourth-order valence-electron chi connectivity index (χ4n) is 3.62. The summed E-state index contributed by atoms with van der Waals surface area (Å²) in [6.07, 6.45) is 2.48. The molecule has 4 nitrogen and oxygen atoms in total. The van der Waals surface area contributed by atoms with Gasteiger partial charge >= 0.3 is 0 Å². The third-order valence-corrected chi connectivity index (χ3v) is 11.0. The Balaban J connectivity index is 2.34. The topological polar surface area (TPSA) is 41.6 Å². The molecule has 1 fully saturated rings. The monoisotopic (exact) mass is 416 g/mol. The van der Waals surface area contributed by atoms with Gasteiger partial charge in [0.05, 0.1) is 18.7 Å². The van der Waals surface area contributed by atoms with Crippen LogP contribution in [0.15, 0.2) is 43.0 Å². The van der Waals surface area contributed by atoms with Gasteiger partial charge in [0.15, 0.2) is 8.32 Å². The first-order chi connectivity index (χ1) is 13.5. The van der Waals surface area contributed by atoms with Gasteiger partial charge in [-0.3, -0.25) is 4.79 Å². The minimum Gasteiger partial charge on any atom is -0.415 e. The van der Waals surface area contributed by atoms with Crippen molar-refractivity contribution in [3.8, 4) is 0 Å². The van der Waals surface area contributed by atoms with E-state index in [1.807, 2.05) is 24.3 Å². The van der Waals surface area contributed by atoms with E-state index in [9.17, 15) is 4.79 Å². The molecule has 1 amide bonds. The fourth-order valence-corrected chi connectivity index (χ4v) is 4.64. The van der Waals surface area contributed by atoms with Gasteiger partial charge in [0.1, 0.15) is 0 Å². The smallest absolute Gasteiger partial charge is 0.240 e. The quantitative estimate of drug-likeness (QED) is 0.480. The number of rotatable bonds is 8. The van der Waals surface area contributed by atoms with E-state index in [2.05, 4.69) is 76.6 Å². The van der Waals surface area contributed by atoms with Gasteiger partial charge in [-0.25, -0.2) is 0 Å². The van der Waals surface area contributed by atoms with Crippen LogP contribution in [-0.4, -0.2) is 43.9 Å². The number of piperazine rings is 1. The second-order valence-electron chi connectivity index (χ2n) is 10.1. The highest BCUT2D eigenvalue weighted by atomic mass is 28.4. The number of amides is 1. The number of nitrogens with zero attached hydrogens (tertiary/aromatic N) is 1. The average molecular weight is 417 g/mol. The predicted molar refractivity (Wildman–Crippen MR) is 124 cm³/mol. The number of hydrogen-bond acceptors (Lipinski definition) is 3. The van der Waals surface area contributed by atoms with Gasteiger partial charge in [-0.15, -0.1) is 6.58 Å². The first-order valence-corrected chi connectivity index (χ1v) is 13.7. The molecule has 162 valence electrons. The van der Waals surface area contributed by atoms with Gasteiger partial charge in [0, 0.05) is 12.6 Å². The predicted octanol–water partition coefficient (Wildman–Crippen LogP) is 4.98. The molecule has 1 N–H and O–H groups in total. The van der Waals surface area contributed by atoms with Crippen LogP contribution in [0.2, 0.25) is 18.1 Å². The van der Waals surface area contributed by atoms with Gasteiger partial charge in [0.25, 0.3) is 0 Å². The minimum atomic E-state index is -1.91. The Morgan fingerprint density at radius 2 is 1.86 bits per heavy atom. The van der Waals surface area contributed by atoms with Crippen LogP contribution in [-0.2, 0) is 15.8 Å². The second kappa shape index (κ2) is 9.58. The molecule has 0 aliphatic carbocycles. The van der Waals surface area contributed by atoms with Crippen LogP contribution in [0, 0.1) is 5.92 Å². The fraction of sp³-hybridized carbons (Fsp3) is 0.625. The lowest BCUT2D eigenvalue weighted by Crippen LogP contribution is -2.68. The third kappa shape index (κ3) is 5.80. The van der Waals surface area contributed by atoms with Crippen LogP contribution in [0.25, 0.3) is 0 Å². The van der Waals surface area contributed by atoms with Gasteiger partial charge < -0.3 is 14.6 Å². The van der Waals surface area contributed by atoms with E-state index < -0.39 is 8.32 Å². The van der Waals surface area contributed by atoms with E-state index in [-0.39, 0.29) is 29.1 Å². The normalized spacial score (nSPS) is 23.5. The minimum absolute atomic E-state index is 0.0119. The lowest BCUT2D eigenvalue weighted by molar-refractivity contribution is -0.143. The highest BCUT2D eigenvalue weighted by Crippen LogP contribution is 2.37. The summed E-state index contributed by atoms with van der Waals surface area (Å²) in [7, 11) is -1.91. The van der Waals surface area contributed by atoms with Crippen molar-refractivity contribution in [1.29, 1.82) is 0 Å². The number of benzene rings is 1. The molecule has 0 radical (unpaired) electrons. The Labute approximate surface area is 178 Å². The van der Waals surface area contributed by atoms with Crippen LogP contribution in [0.3, 0.4) is 0 Å². The lowest BCUT2D eigenvalue weighted by atomic mass is 9.90. The molecule has 2 rings (SSSR count). The van der Waals surface area contributed by atoms with E-state index in [1.54, 1.807) is 0 Å². The van der Waals surface area contributed by atoms with Gasteiger partial charge in [-0.1, -0.05) is 71.0 Å². The van der Waals surface area contributed by atoms with Crippen molar-refractivity contribution < 1.29 is 9.22 Å². The molecule has 0 saturated carbocycles.